The molecule has 1 heterocycles. The molecule has 1 fully saturated rings. The van der Waals surface area contributed by atoms with Crippen LogP contribution in [-0.4, -0.2) is 34.0 Å². The fourth-order valence-electron chi connectivity index (χ4n) is 2.89. The summed E-state index contributed by atoms with van der Waals surface area (Å²) in [6.45, 7) is 8.05. The van der Waals surface area contributed by atoms with E-state index in [-0.39, 0.29) is 5.92 Å². The van der Waals surface area contributed by atoms with Crippen LogP contribution in [0.5, 0.6) is 0 Å². The lowest BCUT2D eigenvalue weighted by molar-refractivity contribution is -0.191. The van der Waals surface area contributed by atoms with E-state index in [0.717, 1.165) is 6.42 Å². The Labute approximate surface area is 103 Å². The molecule has 17 heavy (non-hydrogen) atoms. The topological polar surface area (TPSA) is 66.8 Å². The molecular formula is C13H24O4. The van der Waals surface area contributed by atoms with E-state index in [0.29, 0.717) is 19.4 Å². The molecule has 0 amide bonds. The van der Waals surface area contributed by atoms with Crippen LogP contribution in [0.4, 0.5) is 0 Å². The van der Waals surface area contributed by atoms with Gasteiger partial charge in [0.05, 0.1) is 23.7 Å². The molecule has 1 saturated heterocycles. The molecule has 0 aromatic carbocycles. The van der Waals surface area contributed by atoms with Crippen molar-refractivity contribution in [2.24, 2.45) is 11.8 Å². The number of aliphatic carboxylic acids is 1. The SMILES string of the molecule is CCC1(C)CC(O)(C(C(=O)O)C(C)C)CCO1. The van der Waals surface area contributed by atoms with Gasteiger partial charge in [0.25, 0.3) is 0 Å². The Hall–Kier alpha value is -0.610. The van der Waals surface area contributed by atoms with Crippen LogP contribution in [0.3, 0.4) is 0 Å². The molecule has 4 heteroatoms. The summed E-state index contributed by atoms with van der Waals surface area (Å²) in [5.41, 5.74) is -1.56. The van der Waals surface area contributed by atoms with Crippen molar-refractivity contribution in [3.8, 4) is 0 Å². The van der Waals surface area contributed by atoms with Gasteiger partial charge in [-0.3, -0.25) is 4.79 Å². The average molecular weight is 244 g/mol. The minimum Gasteiger partial charge on any atom is -0.481 e. The molecule has 1 rings (SSSR count). The molecule has 0 saturated carbocycles. The Bertz CT molecular complexity index is 289. The molecule has 0 spiro atoms. The van der Waals surface area contributed by atoms with Crippen molar-refractivity contribution in [2.45, 2.75) is 58.2 Å². The summed E-state index contributed by atoms with van der Waals surface area (Å²) >= 11 is 0. The minimum atomic E-state index is -1.15. The molecule has 0 radical (unpaired) electrons. The summed E-state index contributed by atoms with van der Waals surface area (Å²) in [4.78, 5) is 11.3. The van der Waals surface area contributed by atoms with Crippen LogP contribution in [0.25, 0.3) is 0 Å². The quantitative estimate of drug-likeness (QED) is 0.794. The normalized spacial score (nSPS) is 35.9. The Morgan fingerprint density at radius 2 is 2.06 bits per heavy atom. The van der Waals surface area contributed by atoms with Crippen LogP contribution < -0.4 is 0 Å². The number of aliphatic hydroxyl groups is 1. The molecule has 1 aliphatic heterocycles. The van der Waals surface area contributed by atoms with Gasteiger partial charge in [-0.2, -0.15) is 0 Å². The first-order chi connectivity index (χ1) is 7.74. The molecule has 0 aromatic rings. The van der Waals surface area contributed by atoms with E-state index >= 15 is 0 Å². The van der Waals surface area contributed by atoms with Crippen molar-refractivity contribution < 1.29 is 19.7 Å². The highest BCUT2D eigenvalue weighted by molar-refractivity contribution is 5.72. The zero-order valence-electron chi connectivity index (χ0n) is 11.2. The Morgan fingerprint density at radius 1 is 1.47 bits per heavy atom. The Morgan fingerprint density at radius 3 is 2.47 bits per heavy atom. The Kier molecular flexibility index (Phi) is 4.20. The molecule has 0 aliphatic carbocycles. The molecule has 4 nitrogen and oxygen atoms in total. The first-order valence-corrected chi connectivity index (χ1v) is 6.33. The van der Waals surface area contributed by atoms with E-state index in [2.05, 4.69) is 0 Å². The van der Waals surface area contributed by atoms with Crippen LogP contribution in [0.1, 0.15) is 47.0 Å². The minimum absolute atomic E-state index is 0.0864. The van der Waals surface area contributed by atoms with E-state index in [1.54, 1.807) is 0 Å². The number of carboxylic acid groups (broad SMARTS) is 1. The highest BCUT2D eigenvalue weighted by Gasteiger charge is 2.49. The lowest BCUT2D eigenvalue weighted by Gasteiger charge is -2.46. The summed E-state index contributed by atoms with van der Waals surface area (Å²) in [5, 5.41) is 20.0. The molecule has 2 N–H and O–H groups in total. The molecule has 0 bridgehead atoms. The lowest BCUT2D eigenvalue weighted by Crippen LogP contribution is -2.54. The number of ether oxygens (including phenoxy) is 1. The van der Waals surface area contributed by atoms with Crippen molar-refractivity contribution >= 4 is 5.97 Å². The second-order valence-electron chi connectivity index (χ2n) is 5.74. The zero-order chi connectivity index (χ0) is 13.3. The Balaban J connectivity index is 2.95. The number of hydrogen-bond donors (Lipinski definition) is 2. The standard InChI is InChI=1S/C13H24O4/c1-5-12(4)8-13(16,6-7-17-12)10(9(2)3)11(14)15/h9-10,16H,5-8H2,1-4H3,(H,14,15). The van der Waals surface area contributed by atoms with Crippen molar-refractivity contribution in [1.82, 2.24) is 0 Å². The molecule has 1 aliphatic rings. The van der Waals surface area contributed by atoms with Crippen LogP contribution in [0.2, 0.25) is 0 Å². The predicted octanol–water partition coefficient (Wildman–Crippen LogP) is 2.05. The first kappa shape index (κ1) is 14.5. The number of hydrogen-bond acceptors (Lipinski definition) is 3. The summed E-state index contributed by atoms with van der Waals surface area (Å²) < 4.78 is 5.67. The molecular weight excluding hydrogens is 220 g/mol. The highest BCUT2D eigenvalue weighted by atomic mass is 16.5. The molecule has 3 atom stereocenters. The summed E-state index contributed by atoms with van der Waals surface area (Å²) in [7, 11) is 0. The van der Waals surface area contributed by atoms with Gasteiger partial charge in [0.2, 0.25) is 0 Å². The van der Waals surface area contributed by atoms with E-state index < -0.39 is 23.1 Å². The molecule has 3 unspecified atom stereocenters. The highest BCUT2D eigenvalue weighted by Crippen LogP contribution is 2.41. The predicted molar refractivity (Wildman–Crippen MR) is 64.8 cm³/mol. The van der Waals surface area contributed by atoms with Gasteiger partial charge in [-0.05, 0) is 19.3 Å². The van der Waals surface area contributed by atoms with E-state index in [4.69, 9.17) is 4.74 Å². The van der Waals surface area contributed by atoms with Gasteiger partial charge in [0.1, 0.15) is 0 Å². The maximum absolute atomic E-state index is 11.3. The van der Waals surface area contributed by atoms with Gasteiger partial charge >= 0.3 is 5.97 Å². The third-order valence-corrected chi connectivity index (χ3v) is 3.93. The summed E-state index contributed by atoms with van der Waals surface area (Å²) in [6, 6.07) is 0. The van der Waals surface area contributed by atoms with Crippen LogP contribution >= 0.6 is 0 Å². The van der Waals surface area contributed by atoms with Crippen molar-refractivity contribution in [2.75, 3.05) is 6.61 Å². The van der Waals surface area contributed by atoms with Crippen LogP contribution in [-0.2, 0) is 9.53 Å². The molecule has 0 aromatic heterocycles. The third kappa shape index (κ3) is 2.99. The van der Waals surface area contributed by atoms with Crippen molar-refractivity contribution in [3.05, 3.63) is 0 Å². The van der Waals surface area contributed by atoms with E-state index in [1.165, 1.54) is 0 Å². The number of carboxylic acids is 1. The van der Waals surface area contributed by atoms with E-state index in [9.17, 15) is 15.0 Å². The second-order valence-corrected chi connectivity index (χ2v) is 5.74. The summed E-state index contributed by atoms with van der Waals surface area (Å²) in [5.74, 6) is -1.73. The third-order valence-electron chi connectivity index (χ3n) is 3.93. The monoisotopic (exact) mass is 244 g/mol. The molecule has 100 valence electrons. The average Bonchev–Trinajstić information content (AvgIpc) is 2.15. The van der Waals surface area contributed by atoms with Gasteiger partial charge in [-0.15, -0.1) is 0 Å². The smallest absolute Gasteiger partial charge is 0.309 e. The van der Waals surface area contributed by atoms with Gasteiger partial charge in [-0.25, -0.2) is 0 Å². The van der Waals surface area contributed by atoms with Gasteiger partial charge in [0, 0.05) is 12.8 Å². The van der Waals surface area contributed by atoms with Crippen LogP contribution in [0.15, 0.2) is 0 Å². The second kappa shape index (κ2) is 4.94. The van der Waals surface area contributed by atoms with Crippen molar-refractivity contribution in [1.29, 1.82) is 0 Å². The first-order valence-electron chi connectivity index (χ1n) is 6.33. The number of rotatable bonds is 4. The number of carbonyl (C=O) groups is 1. The van der Waals surface area contributed by atoms with Gasteiger partial charge < -0.3 is 14.9 Å². The van der Waals surface area contributed by atoms with Gasteiger partial charge in [-0.1, -0.05) is 20.8 Å². The maximum Gasteiger partial charge on any atom is 0.309 e. The van der Waals surface area contributed by atoms with Crippen LogP contribution in [0, 0.1) is 11.8 Å². The fraction of sp³-hybridized carbons (Fsp3) is 0.923. The summed E-state index contributed by atoms with van der Waals surface area (Å²) in [6.07, 6.45) is 1.57. The fourth-order valence-corrected chi connectivity index (χ4v) is 2.89. The zero-order valence-corrected chi connectivity index (χ0v) is 11.2. The lowest BCUT2D eigenvalue weighted by atomic mass is 9.70. The largest absolute Gasteiger partial charge is 0.481 e. The van der Waals surface area contributed by atoms with Crippen molar-refractivity contribution in [3.63, 3.8) is 0 Å². The van der Waals surface area contributed by atoms with E-state index in [1.807, 2.05) is 27.7 Å². The maximum atomic E-state index is 11.3. The van der Waals surface area contributed by atoms with Gasteiger partial charge in [0.15, 0.2) is 0 Å².